The van der Waals surface area contributed by atoms with E-state index < -0.39 is 0 Å². The summed E-state index contributed by atoms with van der Waals surface area (Å²) in [7, 11) is 0. The molecule has 0 bridgehead atoms. The van der Waals surface area contributed by atoms with Gasteiger partial charge in [-0.3, -0.25) is 0 Å². The fraction of sp³-hybridized carbons (Fsp3) is 0. The molecule has 0 radical (unpaired) electrons. The summed E-state index contributed by atoms with van der Waals surface area (Å²) in [6.45, 7) is 0. The molecule has 280 valence electrons. The van der Waals surface area contributed by atoms with Gasteiger partial charge in [-0.25, -0.2) is 0 Å². The van der Waals surface area contributed by atoms with Crippen LogP contribution in [-0.4, -0.2) is 0 Å². The van der Waals surface area contributed by atoms with E-state index in [0.29, 0.717) is 0 Å². The van der Waals surface area contributed by atoms with Crippen molar-refractivity contribution in [3.63, 3.8) is 0 Å². The SMILES string of the molecule is c1ccc(-c2cccc3oc4c(N(c5ccc(-c6ccc7ccc8ccccc8c7c6)cc5)c5ccc(-c6cc7ccccc7c7ccccc67)cc5)cccc4c23)cc1. The van der Waals surface area contributed by atoms with Gasteiger partial charge in [0.05, 0.1) is 5.69 Å². The summed E-state index contributed by atoms with van der Waals surface area (Å²) in [6.07, 6.45) is 0. The fourth-order valence-electron chi connectivity index (χ4n) is 9.36. The lowest BCUT2D eigenvalue weighted by molar-refractivity contribution is 0.669. The van der Waals surface area contributed by atoms with E-state index in [2.05, 4.69) is 229 Å². The van der Waals surface area contributed by atoms with Crippen LogP contribution >= 0.6 is 0 Å². The van der Waals surface area contributed by atoms with Crippen molar-refractivity contribution in [1.82, 2.24) is 0 Å². The molecule has 0 aliphatic rings. The standard InChI is InChI=1S/C58H37NO/c1-2-12-39(13-3-1)49-20-11-23-56-57(49)52-21-10-22-55(58(52)60-56)59(45-32-28-38(29-33-45)43-27-26-41-25-24-40-14-4-6-16-47(40)53(41)36-43)46-34-30-42(31-35-46)54-37-44-15-5-7-17-48(44)50-18-8-9-19-51(50)54/h1-37H. The average molecular weight is 764 g/mol. The first-order chi connectivity index (χ1) is 29.7. The van der Waals surface area contributed by atoms with Crippen LogP contribution in [0.15, 0.2) is 229 Å². The Bertz CT molecular complexity index is 3580. The van der Waals surface area contributed by atoms with Gasteiger partial charge in [-0.15, -0.1) is 0 Å². The van der Waals surface area contributed by atoms with Crippen molar-refractivity contribution in [3.05, 3.63) is 224 Å². The molecule has 0 aliphatic heterocycles. The smallest absolute Gasteiger partial charge is 0.159 e. The zero-order valence-electron chi connectivity index (χ0n) is 32.7. The largest absolute Gasteiger partial charge is 0.454 e. The minimum Gasteiger partial charge on any atom is -0.454 e. The van der Waals surface area contributed by atoms with Crippen molar-refractivity contribution in [2.45, 2.75) is 0 Å². The molecule has 60 heavy (non-hydrogen) atoms. The highest BCUT2D eigenvalue weighted by atomic mass is 16.3. The van der Waals surface area contributed by atoms with E-state index in [0.717, 1.165) is 44.6 Å². The molecule has 0 spiro atoms. The number of hydrogen-bond donors (Lipinski definition) is 0. The molecule has 12 rings (SSSR count). The molecule has 0 unspecified atom stereocenters. The number of fused-ring (bicyclic) bond motifs is 9. The van der Waals surface area contributed by atoms with Crippen molar-refractivity contribution in [1.29, 1.82) is 0 Å². The highest BCUT2D eigenvalue weighted by molar-refractivity contribution is 6.16. The summed E-state index contributed by atoms with van der Waals surface area (Å²) in [5.74, 6) is 0. The van der Waals surface area contributed by atoms with Crippen LogP contribution < -0.4 is 4.90 Å². The number of nitrogens with zero attached hydrogens (tertiary/aromatic N) is 1. The van der Waals surface area contributed by atoms with Gasteiger partial charge in [0.25, 0.3) is 0 Å². The molecule has 0 fully saturated rings. The van der Waals surface area contributed by atoms with Crippen LogP contribution in [0.5, 0.6) is 0 Å². The summed E-state index contributed by atoms with van der Waals surface area (Å²) >= 11 is 0. The molecule has 0 aliphatic carbocycles. The lowest BCUT2D eigenvalue weighted by Crippen LogP contribution is -2.10. The Labute approximate surface area is 347 Å². The summed E-state index contributed by atoms with van der Waals surface area (Å²) < 4.78 is 6.88. The third kappa shape index (κ3) is 5.57. The molecule has 1 heterocycles. The lowest BCUT2D eigenvalue weighted by Gasteiger charge is -2.26. The molecule has 1 aromatic heterocycles. The molecule has 2 nitrogen and oxygen atoms in total. The summed E-state index contributed by atoms with van der Waals surface area (Å²) in [5.41, 5.74) is 11.9. The first kappa shape index (κ1) is 34.1. The molecule has 0 saturated carbocycles. The summed E-state index contributed by atoms with van der Waals surface area (Å²) in [6, 6.07) is 81.1. The predicted molar refractivity (Wildman–Crippen MR) is 255 cm³/mol. The summed E-state index contributed by atoms with van der Waals surface area (Å²) in [5, 5.41) is 12.3. The van der Waals surface area contributed by atoms with Crippen LogP contribution in [0.25, 0.3) is 98.4 Å². The van der Waals surface area contributed by atoms with Crippen LogP contribution in [-0.2, 0) is 0 Å². The van der Waals surface area contributed by atoms with Crippen LogP contribution in [0.4, 0.5) is 17.1 Å². The summed E-state index contributed by atoms with van der Waals surface area (Å²) in [4.78, 5) is 2.34. The zero-order valence-corrected chi connectivity index (χ0v) is 32.7. The van der Waals surface area contributed by atoms with Gasteiger partial charge in [0.1, 0.15) is 5.58 Å². The maximum Gasteiger partial charge on any atom is 0.159 e. The van der Waals surface area contributed by atoms with Gasteiger partial charge in [0.15, 0.2) is 5.58 Å². The fourth-order valence-corrected chi connectivity index (χ4v) is 9.36. The molecular formula is C58H37NO. The van der Waals surface area contributed by atoms with E-state index in [4.69, 9.17) is 4.42 Å². The van der Waals surface area contributed by atoms with E-state index in [1.54, 1.807) is 0 Å². The number of anilines is 3. The Morgan fingerprint density at radius 3 is 1.62 bits per heavy atom. The number of benzene rings is 11. The second kappa shape index (κ2) is 13.9. The van der Waals surface area contributed by atoms with Crippen molar-refractivity contribution in [2.24, 2.45) is 0 Å². The quantitative estimate of drug-likeness (QED) is 0.157. The lowest BCUT2D eigenvalue weighted by atomic mass is 9.93. The molecule has 2 heteroatoms. The van der Waals surface area contributed by atoms with E-state index in [9.17, 15) is 0 Å². The van der Waals surface area contributed by atoms with Gasteiger partial charge in [-0.1, -0.05) is 176 Å². The van der Waals surface area contributed by atoms with Crippen molar-refractivity contribution in [2.75, 3.05) is 4.90 Å². The zero-order chi connectivity index (χ0) is 39.6. The minimum atomic E-state index is 0.853. The molecule has 0 saturated heterocycles. The van der Waals surface area contributed by atoms with Gasteiger partial charge >= 0.3 is 0 Å². The van der Waals surface area contributed by atoms with Crippen LogP contribution in [0, 0.1) is 0 Å². The van der Waals surface area contributed by atoms with E-state index in [1.807, 2.05) is 0 Å². The third-order valence-electron chi connectivity index (χ3n) is 12.2. The predicted octanol–water partition coefficient (Wildman–Crippen LogP) is 16.7. The number of furan rings is 1. The Morgan fingerprint density at radius 2 is 0.850 bits per heavy atom. The van der Waals surface area contributed by atoms with E-state index >= 15 is 0 Å². The highest BCUT2D eigenvalue weighted by Crippen LogP contribution is 2.45. The molecule has 0 amide bonds. The van der Waals surface area contributed by atoms with Gasteiger partial charge in [-0.2, -0.15) is 0 Å². The Balaban J connectivity index is 1.02. The average Bonchev–Trinajstić information content (AvgIpc) is 3.72. The van der Waals surface area contributed by atoms with Gasteiger partial charge in [0.2, 0.25) is 0 Å². The molecule has 11 aromatic carbocycles. The molecule has 12 aromatic rings. The molecule has 0 N–H and O–H groups in total. The second-order valence-corrected chi connectivity index (χ2v) is 15.6. The first-order valence-electron chi connectivity index (χ1n) is 20.6. The monoisotopic (exact) mass is 763 g/mol. The van der Waals surface area contributed by atoms with Crippen LogP contribution in [0.3, 0.4) is 0 Å². The molecule has 0 atom stereocenters. The first-order valence-corrected chi connectivity index (χ1v) is 20.6. The van der Waals surface area contributed by atoms with E-state index in [-0.39, 0.29) is 0 Å². The normalized spacial score (nSPS) is 11.7. The van der Waals surface area contributed by atoms with Crippen LogP contribution in [0.2, 0.25) is 0 Å². The molecular weight excluding hydrogens is 727 g/mol. The maximum absolute atomic E-state index is 6.88. The number of rotatable bonds is 6. The van der Waals surface area contributed by atoms with Gasteiger partial charge in [0, 0.05) is 22.1 Å². The van der Waals surface area contributed by atoms with Gasteiger partial charge in [-0.05, 0) is 125 Å². The van der Waals surface area contributed by atoms with Crippen LogP contribution in [0.1, 0.15) is 0 Å². The Hall–Kier alpha value is -7.94. The third-order valence-corrected chi connectivity index (χ3v) is 12.2. The highest BCUT2D eigenvalue weighted by Gasteiger charge is 2.21. The number of hydrogen-bond acceptors (Lipinski definition) is 2. The Morgan fingerprint density at radius 1 is 0.300 bits per heavy atom. The minimum absolute atomic E-state index is 0.853. The van der Waals surface area contributed by atoms with Crippen molar-refractivity contribution in [3.8, 4) is 33.4 Å². The topological polar surface area (TPSA) is 16.4 Å². The number of para-hydroxylation sites is 1. The Kier molecular flexibility index (Phi) is 7.89. The second-order valence-electron chi connectivity index (χ2n) is 15.6. The van der Waals surface area contributed by atoms with E-state index in [1.165, 1.54) is 70.9 Å². The van der Waals surface area contributed by atoms with Crippen molar-refractivity contribution < 1.29 is 4.42 Å². The van der Waals surface area contributed by atoms with Crippen molar-refractivity contribution >= 4 is 82.1 Å². The maximum atomic E-state index is 6.88. The van der Waals surface area contributed by atoms with Gasteiger partial charge < -0.3 is 9.32 Å².